The van der Waals surface area contributed by atoms with Gasteiger partial charge in [0.2, 0.25) is 0 Å². The molecule has 1 heterocycles. The molecule has 106 valence electrons. The lowest BCUT2D eigenvalue weighted by molar-refractivity contribution is 0.0471. The van der Waals surface area contributed by atoms with Gasteiger partial charge in [-0.05, 0) is 40.0 Å². The van der Waals surface area contributed by atoms with E-state index in [4.69, 9.17) is 17.3 Å². The van der Waals surface area contributed by atoms with Gasteiger partial charge in [0.1, 0.15) is 0 Å². The van der Waals surface area contributed by atoms with Crippen LogP contribution in [0.1, 0.15) is 18.1 Å². The van der Waals surface area contributed by atoms with Crippen molar-refractivity contribution in [2.24, 2.45) is 11.1 Å². The quantitative estimate of drug-likeness (QED) is 0.854. The van der Waals surface area contributed by atoms with Gasteiger partial charge in [0, 0.05) is 16.4 Å². The maximum absolute atomic E-state index is 11.7. The van der Waals surface area contributed by atoms with Gasteiger partial charge in [-0.3, -0.25) is 0 Å². The van der Waals surface area contributed by atoms with Gasteiger partial charge in [-0.25, -0.2) is 8.42 Å². The molecular formula is C12H15BrClNO3S. The first-order chi connectivity index (χ1) is 8.80. The molecule has 1 saturated heterocycles. The summed E-state index contributed by atoms with van der Waals surface area (Å²) in [6, 6.07) is 5.06. The van der Waals surface area contributed by atoms with Crippen LogP contribution < -0.4 is 5.73 Å². The standard InChI is InChI=1S/C12H15BrClNO3S/c13-9-5-8(1-2-10(9)14)11(16)12(6-15)3-4-19(17,18)7-12/h1-2,5,11,16H,3-4,6-7,15H2. The Hall–Kier alpha value is -0.140. The first-order valence-corrected chi connectivity index (χ1v) is 8.82. The van der Waals surface area contributed by atoms with Gasteiger partial charge in [0.25, 0.3) is 0 Å². The van der Waals surface area contributed by atoms with Crippen LogP contribution in [-0.4, -0.2) is 31.6 Å². The maximum atomic E-state index is 11.7. The molecule has 4 nitrogen and oxygen atoms in total. The number of aliphatic hydroxyl groups is 1. The molecule has 0 amide bonds. The van der Waals surface area contributed by atoms with Gasteiger partial charge in [-0.15, -0.1) is 0 Å². The Balaban J connectivity index is 2.36. The van der Waals surface area contributed by atoms with Crippen molar-refractivity contribution in [1.29, 1.82) is 0 Å². The third-order valence-electron chi connectivity index (χ3n) is 3.66. The van der Waals surface area contributed by atoms with Crippen LogP contribution in [0.15, 0.2) is 22.7 Å². The molecule has 2 unspecified atom stereocenters. The average molecular weight is 369 g/mol. The van der Waals surface area contributed by atoms with Crippen molar-refractivity contribution in [2.45, 2.75) is 12.5 Å². The molecule has 7 heteroatoms. The van der Waals surface area contributed by atoms with Crippen LogP contribution in [0.5, 0.6) is 0 Å². The summed E-state index contributed by atoms with van der Waals surface area (Å²) in [6.45, 7) is 0.133. The fourth-order valence-corrected chi connectivity index (χ4v) is 5.14. The van der Waals surface area contributed by atoms with Gasteiger partial charge in [0.05, 0.1) is 22.6 Å². The van der Waals surface area contributed by atoms with Crippen molar-refractivity contribution >= 4 is 37.4 Å². The zero-order valence-electron chi connectivity index (χ0n) is 10.1. The Morgan fingerprint density at radius 3 is 2.68 bits per heavy atom. The number of aliphatic hydroxyl groups excluding tert-OH is 1. The van der Waals surface area contributed by atoms with Gasteiger partial charge in [-0.1, -0.05) is 17.7 Å². The first-order valence-electron chi connectivity index (χ1n) is 5.83. The van der Waals surface area contributed by atoms with Crippen molar-refractivity contribution in [3.63, 3.8) is 0 Å². The molecule has 2 rings (SSSR count). The lowest BCUT2D eigenvalue weighted by Gasteiger charge is -2.32. The van der Waals surface area contributed by atoms with E-state index in [0.717, 1.165) is 0 Å². The lowest BCUT2D eigenvalue weighted by atomic mass is 9.78. The largest absolute Gasteiger partial charge is 0.388 e. The number of hydrogen-bond donors (Lipinski definition) is 2. The maximum Gasteiger partial charge on any atom is 0.151 e. The molecule has 1 fully saturated rings. The Morgan fingerprint density at radius 1 is 1.53 bits per heavy atom. The summed E-state index contributed by atoms with van der Waals surface area (Å²) in [5.74, 6) is 0.00787. The second-order valence-electron chi connectivity index (χ2n) is 4.98. The van der Waals surface area contributed by atoms with Gasteiger partial charge >= 0.3 is 0 Å². The van der Waals surface area contributed by atoms with E-state index >= 15 is 0 Å². The van der Waals surface area contributed by atoms with E-state index in [0.29, 0.717) is 21.5 Å². The SMILES string of the molecule is NCC1(C(O)c2ccc(Cl)c(Br)c2)CCS(=O)(=O)C1. The van der Waals surface area contributed by atoms with Crippen LogP contribution in [-0.2, 0) is 9.84 Å². The number of benzene rings is 1. The summed E-state index contributed by atoms with van der Waals surface area (Å²) in [4.78, 5) is 0. The topological polar surface area (TPSA) is 80.4 Å². The average Bonchev–Trinajstić information content (AvgIpc) is 2.69. The molecule has 0 bridgehead atoms. The second kappa shape index (κ2) is 5.33. The molecule has 0 saturated carbocycles. The van der Waals surface area contributed by atoms with E-state index in [9.17, 15) is 13.5 Å². The minimum Gasteiger partial charge on any atom is -0.388 e. The molecule has 3 N–H and O–H groups in total. The van der Waals surface area contributed by atoms with E-state index in [1.54, 1.807) is 18.2 Å². The number of sulfone groups is 1. The number of hydrogen-bond acceptors (Lipinski definition) is 4. The number of halogens is 2. The molecule has 1 aromatic rings. The predicted molar refractivity (Wildman–Crippen MR) is 78.9 cm³/mol. The lowest BCUT2D eigenvalue weighted by Crippen LogP contribution is -2.38. The van der Waals surface area contributed by atoms with Crippen molar-refractivity contribution in [2.75, 3.05) is 18.1 Å². The van der Waals surface area contributed by atoms with Crippen molar-refractivity contribution in [1.82, 2.24) is 0 Å². The summed E-state index contributed by atoms with van der Waals surface area (Å²) in [5.41, 5.74) is 5.56. The zero-order valence-corrected chi connectivity index (χ0v) is 13.3. The summed E-state index contributed by atoms with van der Waals surface area (Å²) >= 11 is 9.20. The van der Waals surface area contributed by atoms with E-state index < -0.39 is 21.4 Å². The molecule has 0 aromatic heterocycles. The molecule has 1 aliphatic rings. The normalized spacial score (nSPS) is 27.4. The van der Waals surface area contributed by atoms with Crippen LogP contribution in [0.2, 0.25) is 5.02 Å². The van der Waals surface area contributed by atoms with E-state index in [-0.39, 0.29) is 18.1 Å². The highest BCUT2D eigenvalue weighted by atomic mass is 79.9. The summed E-state index contributed by atoms with van der Waals surface area (Å²) in [6.07, 6.45) is -0.531. The fraction of sp³-hybridized carbons (Fsp3) is 0.500. The van der Waals surface area contributed by atoms with Crippen molar-refractivity contribution in [3.8, 4) is 0 Å². The highest BCUT2D eigenvalue weighted by molar-refractivity contribution is 9.10. The molecular weight excluding hydrogens is 354 g/mol. The van der Waals surface area contributed by atoms with E-state index in [2.05, 4.69) is 15.9 Å². The first kappa shape index (κ1) is 15.3. The zero-order chi connectivity index (χ0) is 14.3. The van der Waals surface area contributed by atoms with Gasteiger partial charge in [-0.2, -0.15) is 0 Å². The molecule has 0 spiro atoms. The minimum absolute atomic E-state index is 0.0715. The summed E-state index contributed by atoms with van der Waals surface area (Å²) in [5, 5.41) is 11.0. The molecule has 0 aliphatic carbocycles. The Bertz CT molecular complexity index is 593. The fourth-order valence-electron chi connectivity index (χ4n) is 2.47. The van der Waals surface area contributed by atoms with Crippen LogP contribution in [0.4, 0.5) is 0 Å². The monoisotopic (exact) mass is 367 g/mol. The molecule has 19 heavy (non-hydrogen) atoms. The minimum atomic E-state index is -3.12. The summed E-state index contributed by atoms with van der Waals surface area (Å²) < 4.78 is 24.0. The van der Waals surface area contributed by atoms with Crippen molar-refractivity contribution < 1.29 is 13.5 Å². The van der Waals surface area contributed by atoms with E-state index in [1.165, 1.54) is 0 Å². The predicted octanol–water partition coefficient (Wildman–Crippen LogP) is 1.90. The van der Waals surface area contributed by atoms with Crippen LogP contribution in [0.25, 0.3) is 0 Å². The van der Waals surface area contributed by atoms with Gasteiger partial charge < -0.3 is 10.8 Å². The number of rotatable bonds is 3. The molecule has 1 aliphatic heterocycles. The van der Waals surface area contributed by atoms with Gasteiger partial charge in [0.15, 0.2) is 9.84 Å². The Labute approximate surface area is 126 Å². The highest BCUT2D eigenvalue weighted by Gasteiger charge is 2.47. The molecule has 0 radical (unpaired) electrons. The van der Waals surface area contributed by atoms with Crippen LogP contribution in [0.3, 0.4) is 0 Å². The highest BCUT2D eigenvalue weighted by Crippen LogP contribution is 2.43. The third-order valence-corrected chi connectivity index (χ3v) is 6.72. The smallest absolute Gasteiger partial charge is 0.151 e. The Morgan fingerprint density at radius 2 is 2.21 bits per heavy atom. The number of nitrogens with two attached hydrogens (primary N) is 1. The molecule has 2 atom stereocenters. The summed E-state index contributed by atoms with van der Waals surface area (Å²) in [7, 11) is -3.12. The van der Waals surface area contributed by atoms with Crippen molar-refractivity contribution in [3.05, 3.63) is 33.3 Å². The third kappa shape index (κ3) is 2.97. The van der Waals surface area contributed by atoms with Crippen LogP contribution >= 0.6 is 27.5 Å². The van der Waals surface area contributed by atoms with Crippen LogP contribution in [0, 0.1) is 5.41 Å². The van der Waals surface area contributed by atoms with E-state index in [1.807, 2.05) is 0 Å². The Kier molecular flexibility index (Phi) is 4.28. The second-order valence-corrected chi connectivity index (χ2v) is 8.43. The molecule has 1 aromatic carbocycles.